The minimum Gasteiger partial charge on any atom is -0.494 e. The topological polar surface area (TPSA) is 56.1 Å². The summed E-state index contributed by atoms with van der Waals surface area (Å²) in [5, 5.41) is 7.30. The van der Waals surface area contributed by atoms with Gasteiger partial charge in [0.1, 0.15) is 5.75 Å². The van der Waals surface area contributed by atoms with Gasteiger partial charge < -0.3 is 10.1 Å². The average molecular weight is 414 g/mol. The number of halogens is 1. The van der Waals surface area contributed by atoms with E-state index in [0.29, 0.717) is 18.7 Å². The lowest BCUT2D eigenvalue weighted by atomic mass is 10.2. The van der Waals surface area contributed by atoms with Crippen molar-refractivity contribution in [3.05, 3.63) is 76.0 Å². The van der Waals surface area contributed by atoms with Gasteiger partial charge in [0.2, 0.25) is 0 Å². The lowest BCUT2D eigenvalue weighted by molar-refractivity contribution is 0.0950. The van der Waals surface area contributed by atoms with E-state index < -0.39 is 0 Å². The Balaban J connectivity index is 1.74. The molecule has 3 aromatic rings. The fourth-order valence-corrected chi connectivity index (χ4v) is 2.96. The monoisotopic (exact) mass is 413 g/mol. The van der Waals surface area contributed by atoms with Gasteiger partial charge in [0.25, 0.3) is 5.91 Å². The Labute approximate surface area is 161 Å². The molecule has 0 fully saturated rings. The number of benzene rings is 2. The minimum atomic E-state index is -0.155. The summed E-state index contributed by atoms with van der Waals surface area (Å²) >= 11 is 3.42. The second-order valence-electron chi connectivity index (χ2n) is 5.76. The van der Waals surface area contributed by atoms with E-state index >= 15 is 0 Å². The van der Waals surface area contributed by atoms with Crippen LogP contribution in [-0.4, -0.2) is 22.3 Å². The summed E-state index contributed by atoms with van der Waals surface area (Å²) in [7, 11) is 0. The molecule has 0 bridgehead atoms. The van der Waals surface area contributed by atoms with E-state index in [9.17, 15) is 4.79 Å². The Bertz CT molecular complexity index is 904. The van der Waals surface area contributed by atoms with Crippen LogP contribution in [0.3, 0.4) is 0 Å². The third kappa shape index (κ3) is 3.96. The van der Waals surface area contributed by atoms with Gasteiger partial charge in [-0.3, -0.25) is 4.79 Å². The lowest BCUT2D eigenvalue weighted by Crippen LogP contribution is -2.23. The maximum absolute atomic E-state index is 12.6. The first-order chi connectivity index (χ1) is 12.6. The molecule has 3 rings (SSSR count). The molecule has 0 aliphatic carbocycles. The maximum Gasteiger partial charge on any atom is 0.255 e. The van der Waals surface area contributed by atoms with Gasteiger partial charge in [-0.2, -0.15) is 5.10 Å². The van der Waals surface area contributed by atoms with Gasteiger partial charge in [-0.1, -0.05) is 34.1 Å². The van der Waals surface area contributed by atoms with E-state index in [1.807, 2.05) is 62.4 Å². The summed E-state index contributed by atoms with van der Waals surface area (Å²) in [6.07, 6.45) is 1.60. The summed E-state index contributed by atoms with van der Waals surface area (Å²) in [5.74, 6) is 0.634. The van der Waals surface area contributed by atoms with Crippen LogP contribution in [0.2, 0.25) is 0 Å². The van der Waals surface area contributed by atoms with E-state index in [0.717, 1.165) is 27.2 Å². The SMILES string of the molecule is CCOc1ccccc1CNC(=O)c1cnn(-c2ccc(Br)cc2)c1C. The molecule has 1 amide bonds. The Hall–Kier alpha value is -2.60. The number of amides is 1. The molecular weight excluding hydrogens is 394 g/mol. The van der Waals surface area contributed by atoms with Crippen LogP contribution in [0, 0.1) is 6.92 Å². The van der Waals surface area contributed by atoms with Crippen LogP contribution >= 0.6 is 15.9 Å². The van der Waals surface area contributed by atoms with Crippen molar-refractivity contribution in [2.24, 2.45) is 0 Å². The molecule has 6 heteroatoms. The van der Waals surface area contributed by atoms with Crippen LogP contribution in [-0.2, 0) is 6.54 Å². The first-order valence-corrected chi connectivity index (χ1v) is 9.19. The minimum absolute atomic E-state index is 0.155. The zero-order chi connectivity index (χ0) is 18.5. The quantitative estimate of drug-likeness (QED) is 0.656. The van der Waals surface area contributed by atoms with Crippen molar-refractivity contribution in [3.63, 3.8) is 0 Å². The number of ether oxygens (including phenoxy) is 1. The third-order valence-electron chi connectivity index (χ3n) is 4.04. The van der Waals surface area contributed by atoms with Crippen molar-refractivity contribution in [1.29, 1.82) is 0 Å². The Morgan fingerprint density at radius 1 is 1.19 bits per heavy atom. The molecule has 2 aromatic carbocycles. The van der Waals surface area contributed by atoms with Gasteiger partial charge >= 0.3 is 0 Å². The number of para-hydroxylation sites is 1. The number of rotatable bonds is 6. The summed E-state index contributed by atoms with van der Waals surface area (Å²) in [4.78, 5) is 12.6. The maximum atomic E-state index is 12.6. The molecule has 134 valence electrons. The van der Waals surface area contributed by atoms with Crippen LogP contribution in [0.15, 0.2) is 59.2 Å². The summed E-state index contributed by atoms with van der Waals surface area (Å²) in [5.41, 5.74) is 3.21. The highest BCUT2D eigenvalue weighted by atomic mass is 79.9. The molecule has 0 radical (unpaired) electrons. The highest BCUT2D eigenvalue weighted by molar-refractivity contribution is 9.10. The molecule has 0 saturated carbocycles. The molecule has 1 aromatic heterocycles. The van der Waals surface area contributed by atoms with Crippen LogP contribution in [0.25, 0.3) is 5.69 Å². The van der Waals surface area contributed by atoms with Gasteiger partial charge in [-0.05, 0) is 44.2 Å². The van der Waals surface area contributed by atoms with E-state index in [-0.39, 0.29) is 5.91 Å². The van der Waals surface area contributed by atoms with Crippen LogP contribution in [0.1, 0.15) is 28.5 Å². The molecule has 0 atom stereocenters. The molecule has 0 unspecified atom stereocenters. The molecular formula is C20H20BrN3O2. The number of hydrogen-bond acceptors (Lipinski definition) is 3. The number of nitrogens with zero attached hydrogens (tertiary/aromatic N) is 2. The number of hydrogen-bond donors (Lipinski definition) is 1. The summed E-state index contributed by atoms with van der Waals surface area (Å²) < 4.78 is 8.36. The van der Waals surface area contributed by atoms with Gasteiger partial charge in [-0.25, -0.2) is 4.68 Å². The van der Waals surface area contributed by atoms with Crippen LogP contribution in [0.4, 0.5) is 0 Å². The summed E-state index contributed by atoms with van der Waals surface area (Å²) in [6, 6.07) is 15.5. The molecule has 26 heavy (non-hydrogen) atoms. The van der Waals surface area contributed by atoms with Gasteiger partial charge in [0.05, 0.1) is 29.7 Å². The molecule has 1 heterocycles. The number of aromatic nitrogens is 2. The first kappa shape index (κ1) is 18.2. The van der Waals surface area contributed by atoms with Crippen molar-refractivity contribution in [1.82, 2.24) is 15.1 Å². The number of carbonyl (C=O) groups is 1. The van der Waals surface area contributed by atoms with Crippen LogP contribution in [0.5, 0.6) is 5.75 Å². The second-order valence-corrected chi connectivity index (χ2v) is 6.67. The first-order valence-electron chi connectivity index (χ1n) is 8.39. The fraction of sp³-hybridized carbons (Fsp3) is 0.200. The van der Waals surface area contributed by atoms with Crippen LogP contribution < -0.4 is 10.1 Å². The van der Waals surface area contributed by atoms with E-state index in [1.165, 1.54) is 0 Å². The van der Waals surface area contributed by atoms with E-state index in [4.69, 9.17) is 4.74 Å². The molecule has 1 N–H and O–H groups in total. The lowest BCUT2D eigenvalue weighted by Gasteiger charge is -2.11. The molecule has 5 nitrogen and oxygen atoms in total. The third-order valence-corrected chi connectivity index (χ3v) is 4.57. The Morgan fingerprint density at radius 3 is 2.65 bits per heavy atom. The summed E-state index contributed by atoms with van der Waals surface area (Å²) in [6.45, 7) is 4.81. The van der Waals surface area contributed by atoms with Crippen molar-refractivity contribution < 1.29 is 9.53 Å². The van der Waals surface area contributed by atoms with Crippen molar-refractivity contribution in [3.8, 4) is 11.4 Å². The Morgan fingerprint density at radius 2 is 1.92 bits per heavy atom. The predicted octanol–water partition coefficient (Wildman–Crippen LogP) is 4.27. The number of nitrogens with one attached hydrogen (secondary N) is 1. The largest absolute Gasteiger partial charge is 0.494 e. The van der Waals surface area contributed by atoms with E-state index in [2.05, 4.69) is 26.3 Å². The van der Waals surface area contributed by atoms with Crippen molar-refractivity contribution >= 4 is 21.8 Å². The average Bonchev–Trinajstić information content (AvgIpc) is 3.03. The molecule has 0 aliphatic heterocycles. The molecule has 0 spiro atoms. The normalized spacial score (nSPS) is 10.6. The standard InChI is InChI=1S/C20H20BrN3O2/c1-3-26-19-7-5-4-6-15(19)12-22-20(25)18-13-23-24(14(18)2)17-10-8-16(21)9-11-17/h4-11,13H,3,12H2,1-2H3,(H,22,25). The second kappa shape index (κ2) is 8.19. The number of carbonyl (C=O) groups excluding carboxylic acids is 1. The van der Waals surface area contributed by atoms with Crippen molar-refractivity contribution in [2.45, 2.75) is 20.4 Å². The highest BCUT2D eigenvalue weighted by Crippen LogP contribution is 2.19. The fourth-order valence-electron chi connectivity index (χ4n) is 2.69. The van der Waals surface area contributed by atoms with Gasteiger partial charge in [-0.15, -0.1) is 0 Å². The van der Waals surface area contributed by atoms with Gasteiger partial charge in [0.15, 0.2) is 0 Å². The predicted molar refractivity (Wildman–Crippen MR) is 105 cm³/mol. The Kier molecular flexibility index (Phi) is 5.73. The molecule has 0 saturated heterocycles. The highest BCUT2D eigenvalue weighted by Gasteiger charge is 2.15. The van der Waals surface area contributed by atoms with E-state index in [1.54, 1.807) is 10.9 Å². The zero-order valence-corrected chi connectivity index (χ0v) is 16.3. The smallest absolute Gasteiger partial charge is 0.255 e. The van der Waals surface area contributed by atoms with Gasteiger partial charge in [0, 0.05) is 16.6 Å². The zero-order valence-electron chi connectivity index (χ0n) is 14.7. The van der Waals surface area contributed by atoms with Crippen molar-refractivity contribution in [2.75, 3.05) is 6.61 Å². The molecule has 0 aliphatic rings.